The van der Waals surface area contributed by atoms with Crippen molar-refractivity contribution in [3.8, 4) is 28.4 Å². The molecule has 4 aromatic rings. The van der Waals surface area contributed by atoms with Crippen LogP contribution in [0.15, 0.2) is 103 Å². The molecular formula is C34H32N2O7. The molecule has 0 aliphatic heterocycles. The van der Waals surface area contributed by atoms with Gasteiger partial charge in [-0.3, -0.25) is 4.79 Å². The van der Waals surface area contributed by atoms with Gasteiger partial charge in [0.15, 0.2) is 5.76 Å². The second kappa shape index (κ2) is 13.1. The summed E-state index contributed by atoms with van der Waals surface area (Å²) in [5.41, 5.74) is 11.2. The first kappa shape index (κ1) is 29.2. The van der Waals surface area contributed by atoms with E-state index in [1.807, 2.05) is 30.3 Å². The predicted molar refractivity (Wildman–Crippen MR) is 161 cm³/mol. The van der Waals surface area contributed by atoms with E-state index in [0.29, 0.717) is 28.4 Å². The molecule has 0 heterocycles. The van der Waals surface area contributed by atoms with Crippen LogP contribution >= 0.6 is 0 Å². The highest BCUT2D eigenvalue weighted by atomic mass is 16.5. The Kier molecular flexibility index (Phi) is 8.93. The normalized spacial score (nSPS) is 13.0. The molecule has 0 saturated carbocycles. The predicted octanol–water partition coefficient (Wildman–Crippen LogP) is 5.07. The minimum atomic E-state index is -0.809. The van der Waals surface area contributed by atoms with Crippen LogP contribution in [0.1, 0.15) is 34.2 Å². The summed E-state index contributed by atoms with van der Waals surface area (Å²) in [5.74, 6) is 0.347. The number of aliphatic hydroxyl groups excluding tert-OH is 1. The Morgan fingerprint density at radius 3 is 2.09 bits per heavy atom. The minimum Gasteiger partial charge on any atom is -0.497 e. The van der Waals surface area contributed by atoms with Crippen molar-refractivity contribution in [3.63, 3.8) is 0 Å². The molecule has 1 unspecified atom stereocenters. The fourth-order valence-electron chi connectivity index (χ4n) is 5.29. The van der Waals surface area contributed by atoms with Crippen LogP contribution in [0.4, 0.5) is 4.79 Å². The number of aliphatic hydroxyl groups is 1. The van der Waals surface area contributed by atoms with Gasteiger partial charge in [0, 0.05) is 17.5 Å². The lowest BCUT2D eigenvalue weighted by Crippen LogP contribution is -2.31. The maximum absolute atomic E-state index is 13.4. The number of fused-ring (bicyclic) bond motifs is 3. The Bertz CT molecular complexity index is 1600. The van der Waals surface area contributed by atoms with Gasteiger partial charge >= 0.3 is 6.09 Å². The van der Waals surface area contributed by atoms with Crippen molar-refractivity contribution in [1.82, 2.24) is 5.32 Å². The van der Waals surface area contributed by atoms with Crippen molar-refractivity contribution in [3.05, 3.63) is 125 Å². The van der Waals surface area contributed by atoms with Crippen molar-refractivity contribution >= 4 is 12.0 Å². The van der Waals surface area contributed by atoms with Crippen LogP contribution in [0.2, 0.25) is 0 Å². The molecule has 0 saturated heterocycles. The number of ether oxygens (including phenoxy) is 4. The van der Waals surface area contributed by atoms with Crippen LogP contribution in [0.3, 0.4) is 0 Å². The molecule has 0 aromatic heterocycles. The molecule has 0 bridgehead atoms. The van der Waals surface area contributed by atoms with E-state index < -0.39 is 24.6 Å². The smallest absolute Gasteiger partial charge is 0.407 e. The number of nitrogens with two attached hydrogens (primary N) is 1. The van der Waals surface area contributed by atoms with Crippen LogP contribution in [0.5, 0.6) is 17.2 Å². The van der Waals surface area contributed by atoms with Gasteiger partial charge in [0.05, 0.1) is 26.9 Å². The molecule has 43 heavy (non-hydrogen) atoms. The number of carbonyl (C=O) groups is 2. The third-order valence-corrected chi connectivity index (χ3v) is 7.32. The largest absolute Gasteiger partial charge is 0.497 e. The van der Waals surface area contributed by atoms with Crippen molar-refractivity contribution < 1.29 is 33.6 Å². The molecule has 4 N–H and O–H groups in total. The molecule has 0 radical (unpaired) electrons. The van der Waals surface area contributed by atoms with Crippen LogP contribution in [0, 0.1) is 0 Å². The summed E-state index contributed by atoms with van der Waals surface area (Å²) in [5, 5.41) is 12.1. The maximum Gasteiger partial charge on any atom is 0.407 e. The molecule has 5 rings (SSSR count). The number of carbonyl (C=O) groups excluding carboxylic acids is 2. The van der Waals surface area contributed by atoms with E-state index in [0.717, 1.165) is 22.3 Å². The molecular weight excluding hydrogens is 548 g/mol. The van der Waals surface area contributed by atoms with E-state index in [4.69, 9.17) is 29.8 Å². The summed E-state index contributed by atoms with van der Waals surface area (Å²) in [6.07, 6.45) is 0.576. The highest BCUT2D eigenvalue weighted by Crippen LogP contribution is 2.44. The van der Waals surface area contributed by atoms with E-state index in [-0.39, 0.29) is 18.3 Å². The highest BCUT2D eigenvalue weighted by Gasteiger charge is 2.30. The quantitative estimate of drug-likeness (QED) is 0.167. The Balaban J connectivity index is 1.40. The molecule has 4 aromatic carbocycles. The van der Waals surface area contributed by atoms with Gasteiger partial charge in [-0.25, -0.2) is 4.79 Å². The summed E-state index contributed by atoms with van der Waals surface area (Å²) in [4.78, 5) is 25.0. The number of benzene rings is 4. The van der Waals surface area contributed by atoms with Crippen molar-refractivity contribution in [2.45, 2.75) is 12.0 Å². The van der Waals surface area contributed by atoms with Gasteiger partial charge in [0.1, 0.15) is 23.9 Å². The lowest BCUT2D eigenvalue weighted by molar-refractivity contribution is -0.116. The van der Waals surface area contributed by atoms with Gasteiger partial charge in [0.2, 0.25) is 0 Å². The summed E-state index contributed by atoms with van der Waals surface area (Å²) in [6.45, 7) is -0.244. The third kappa shape index (κ3) is 6.32. The van der Waals surface area contributed by atoms with Crippen LogP contribution in [0.25, 0.3) is 11.1 Å². The molecule has 9 heteroatoms. The van der Waals surface area contributed by atoms with Crippen LogP contribution in [-0.4, -0.2) is 44.5 Å². The Hall–Kier alpha value is -5.28. The zero-order valence-corrected chi connectivity index (χ0v) is 23.8. The van der Waals surface area contributed by atoms with Crippen molar-refractivity contribution in [2.24, 2.45) is 5.73 Å². The average Bonchev–Trinajstić information content (AvgIpc) is 3.36. The second-order valence-electron chi connectivity index (χ2n) is 9.80. The van der Waals surface area contributed by atoms with Crippen molar-refractivity contribution in [2.75, 3.05) is 27.4 Å². The van der Waals surface area contributed by atoms with E-state index in [1.165, 1.54) is 6.08 Å². The molecule has 0 spiro atoms. The fourth-order valence-corrected chi connectivity index (χ4v) is 5.29. The van der Waals surface area contributed by atoms with Gasteiger partial charge in [-0.1, -0.05) is 60.7 Å². The maximum atomic E-state index is 13.4. The first-order valence-electron chi connectivity index (χ1n) is 13.7. The van der Waals surface area contributed by atoms with E-state index >= 15 is 0 Å². The summed E-state index contributed by atoms with van der Waals surface area (Å²) in [6, 6.07) is 27.7. The molecule has 220 valence electrons. The SMILES string of the molecule is COc1ccc(C(NC(=O)OCC2c3ccccc3-c3ccccc32)c2ccc(OC(=CCO)C(N)=O)cc2)c(OC)c1. The Labute approximate surface area is 249 Å². The van der Waals surface area contributed by atoms with Gasteiger partial charge < -0.3 is 35.1 Å². The molecule has 9 nitrogen and oxygen atoms in total. The standard InChI is InChI=1S/C34H32N2O7/c1-40-23-15-16-28(31(19-23)41-2)32(21-11-13-22(14-12-21)43-30(17-18-37)33(35)38)36-34(39)42-20-29-26-9-5-3-7-24(26)25-8-4-6-10-27(25)29/h3-17,19,29,32,37H,18,20H2,1-2H3,(H2,35,38)(H,36,39). The summed E-state index contributed by atoms with van der Waals surface area (Å²) >= 11 is 0. The second-order valence-corrected chi connectivity index (χ2v) is 9.80. The lowest BCUT2D eigenvalue weighted by Gasteiger charge is -2.23. The number of alkyl carbamates (subject to hydrolysis) is 1. The monoisotopic (exact) mass is 580 g/mol. The van der Waals surface area contributed by atoms with Gasteiger partial charge in [-0.15, -0.1) is 0 Å². The zero-order chi connectivity index (χ0) is 30.3. The van der Waals surface area contributed by atoms with Gasteiger partial charge in [0.25, 0.3) is 5.91 Å². The minimum absolute atomic E-state index is 0.0880. The number of nitrogens with one attached hydrogen (secondary N) is 1. The first-order chi connectivity index (χ1) is 20.9. The van der Waals surface area contributed by atoms with Gasteiger partial charge in [-0.05, 0) is 58.2 Å². The number of amides is 2. The Morgan fingerprint density at radius 1 is 0.884 bits per heavy atom. The fraction of sp³-hybridized carbons (Fsp3) is 0.176. The van der Waals surface area contributed by atoms with Crippen molar-refractivity contribution in [1.29, 1.82) is 0 Å². The number of hydrogen-bond acceptors (Lipinski definition) is 7. The molecule has 2 amide bonds. The highest BCUT2D eigenvalue weighted by molar-refractivity contribution is 5.90. The van der Waals surface area contributed by atoms with E-state index in [2.05, 4.69) is 29.6 Å². The number of primary amides is 1. The molecule has 1 atom stereocenters. The lowest BCUT2D eigenvalue weighted by atomic mass is 9.97. The third-order valence-electron chi connectivity index (χ3n) is 7.32. The van der Waals surface area contributed by atoms with E-state index in [9.17, 15) is 9.59 Å². The summed E-state index contributed by atoms with van der Waals surface area (Å²) < 4.78 is 22.4. The molecule has 1 aliphatic rings. The molecule has 1 aliphatic carbocycles. The zero-order valence-electron chi connectivity index (χ0n) is 23.8. The topological polar surface area (TPSA) is 129 Å². The van der Waals surface area contributed by atoms with E-state index in [1.54, 1.807) is 50.6 Å². The number of hydrogen-bond donors (Lipinski definition) is 3. The van der Waals surface area contributed by atoms with Gasteiger partial charge in [-0.2, -0.15) is 0 Å². The average molecular weight is 581 g/mol. The molecule has 0 fully saturated rings. The summed E-state index contributed by atoms with van der Waals surface area (Å²) in [7, 11) is 3.10. The van der Waals surface area contributed by atoms with Crippen LogP contribution < -0.4 is 25.3 Å². The number of methoxy groups -OCH3 is 2. The first-order valence-corrected chi connectivity index (χ1v) is 13.7. The Morgan fingerprint density at radius 2 is 1.51 bits per heavy atom. The van der Waals surface area contributed by atoms with Crippen LogP contribution in [-0.2, 0) is 9.53 Å². The number of rotatable bonds is 11.